The number of rotatable bonds is 5. The monoisotopic (exact) mass is 816 g/mol. The second-order valence-corrected chi connectivity index (χ2v) is 21.2. The van der Waals surface area contributed by atoms with E-state index in [1.807, 2.05) is 24.6 Å². The average Bonchev–Trinajstić information content (AvgIpc) is 3.68. The van der Waals surface area contributed by atoms with Gasteiger partial charge in [-0.1, -0.05) is 192 Å². The Balaban J connectivity index is 1.21. The van der Waals surface area contributed by atoms with Gasteiger partial charge in [-0.25, -0.2) is 0 Å². The summed E-state index contributed by atoms with van der Waals surface area (Å²) in [5.41, 5.74) is 15.7. The van der Waals surface area contributed by atoms with E-state index >= 15 is 0 Å². The van der Waals surface area contributed by atoms with Crippen LogP contribution in [0.25, 0.3) is 22.3 Å². The van der Waals surface area contributed by atoms with Gasteiger partial charge in [0.1, 0.15) is 0 Å². The molecule has 4 nitrogen and oxygen atoms in total. The minimum atomic E-state index is -0.0343. The van der Waals surface area contributed by atoms with Crippen LogP contribution in [0.2, 0.25) is 0 Å². The van der Waals surface area contributed by atoms with Gasteiger partial charge >= 0.3 is 0 Å². The zero-order valence-corrected chi connectivity index (χ0v) is 38.6. The summed E-state index contributed by atoms with van der Waals surface area (Å²) in [6.07, 6.45) is 16.2. The number of hydrogen-bond acceptors (Lipinski definition) is 2. The molecule has 0 fully saturated rings. The number of hydrogen-bond donors (Lipinski definition) is 0. The van der Waals surface area contributed by atoms with Crippen LogP contribution in [0.4, 0.5) is 0 Å². The molecule has 0 saturated carbocycles. The van der Waals surface area contributed by atoms with Gasteiger partial charge in [-0.05, 0) is 102 Å². The summed E-state index contributed by atoms with van der Waals surface area (Å²) in [6.45, 7) is 26.5. The third kappa shape index (κ3) is 7.99. The van der Waals surface area contributed by atoms with Crippen molar-refractivity contribution < 1.29 is 9.59 Å². The van der Waals surface area contributed by atoms with Gasteiger partial charge in [-0.15, -0.1) is 0 Å². The van der Waals surface area contributed by atoms with E-state index in [1.165, 1.54) is 22.3 Å². The van der Waals surface area contributed by atoms with Crippen molar-refractivity contribution >= 4 is 34.1 Å². The highest BCUT2D eigenvalue weighted by Crippen LogP contribution is 2.46. The summed E-state index contributed by atoms with van der Waals surface area (Å²) in [4.78, 5) is 32.3. The Morgan fingerprint density at radius 1 is 0.355 bits per heavy atom. The fourth-order valence-electron chi connectivity index (χ4n) is 8.55. The second-order valence-electron chi connectivity index (χ2n) is 21.2. The molecule has 0 bridgehead atoms. The molecule has 62 heavy (non-hydrogen) atoms. The first kappa shape index (κ1) is 42.4. The lowest BCUT2D eigenvalue weighted by Crippen LogP contribution is -2.21. The van der Waals surface area contributed by atoms with E-state index in [4.69, 9.17) is 0 Å². The van der Waals surface area contributed by atoms with Crippen LogP contribution in [0, 0.1) is 0 Å². The molecular formula is C58H60N2O2. The Kier molecular flexibility index (Phi) is 10.5. The highest BCUT2D eigenvalue weighted by atomic mass is 16.2. The van der Waals surface area contributed by atoms with Crippen molar-refractivity contribution in [1.82, 2.24) is 9.80 Å². The summed E-state index contributed by atoms with van der Waals surface area (Å²) in [6, 6.07) is 34.3. The Morgan fingerprint density at radius 2 is 0.597 bits per heavy atom. The Morgan fingerprint density at radius 3 is 0.839 bits per heavy atom. The average molecular weight is 817 g/mol. The molecule has 0 radical (unpaired) electrons. The minimum Gasteiger partial charge on any atom is -0.283 e. The second kappa shape index (κ2) is 15.3. The van der Waals surface area contributed by atoms with Crippen LogP contribution in [0.1, 0.15) is 128 Å². The number of nitrogens with zero attached hydrogens (tertiary/aromatic N) is 2. The topological polar surface area (TPSA) is 40.6 Å². The number of carbonyl (C=O) groups excluding carboxylic acids is 2. The number of carbonyl (C=O) groups is 2. The molecule has 2 amide bonds. The van der Waals surface area contributed by atoms with Crippen molar-refractivity contribution in [2.45, 2.75) is 105 Å². The fraction of sp³-hybridized carbons (Fsp3) is 0.276. The molecule has 0 aliphatic carbocycles. The number of allylic oxidation sites excluding steroid dienone is 10. The third-order valence-electron chi connectivity index (χ3n) is 12.5. The molecule has 0 N–H and O–H groups in total. The van der Waals surface area contributed by atoms with Crippen molar-refractivity contribution in [3.63, 3.8) is 0 Å². The molecule has 4 heteroatoms. The van der Waals surface area contributed by atoms with Gasteiger partial charge in [0.15, 0.2) is 0 Å². The molecule has 0 atom stereocenters. The van der Waals surface area contributed by atoms with Crippen LogP contribution in [-0.2, 0) is 31.2 Å². The quantitative estimate of drug-likeness (QED) is 0.201. The van der Waals surface area contributed by atoms with Crippen molar-refractivity contribution in [2.75, 3.05) is 0 Å². The summed E-state index contributed by atoms with van der Waals surface area (Å²) >= 11 is 0. The van der Waals surface area contributed by atoms with Crippen LogP contribution < -0.4 is 0 Å². The van der Waals surface area contributed by atoms with Crippen LogP contribution in [0.5, 0.6) is 0 Å². The maximum Gasteiger partial charge on any atom is 0.263 e. The SMILES string of the molecule is CC(C)(C)c1ccc(C2=C(c3ccc(C(C)(C)C)cc3)C3=CC(=C/C=C4\C=CN5C(=O)C(c6ccc(C(C)(C)C)cc6)=C(c6ccc(C(C)(C)C)cc6)C5=C4)C=CN3C2=O)cc1. The van der Waals surface area contributed by atoms with Crippen LogP contribution in [-0.4, -0.2) is 21.6 Å². The van der Waals surface area contributed by atoms with Gasteiger partial charge in [0.25, 0.3) is 11.8 Å². The predicted molar refractivity (Wildman–Crippen MR) is 258 cm³/mol. The smallest absolute Gasteiger partial charge is 0.263 e. The first-order valence-corrected chi connectivity index (χ1v) is 21.9. The van der Waals surface area contributed by atoms with Gasteiger partial charge in [-0.3, -0.25) is 19.4 Å². The first-order valence-electron chi connectivity index (χ1n) is 21.9. The highest BCUT2D eigenvalue weighted by molar-refractivity contribution is 6.35. The van der Waals surface area contributed by atoms with Crippen molar-refractivity contribution in [3.05, 3.63) is 213 Å². The molecule has 314 valence electrons. The van der Waals surface area contributed by atoms with Gasteiger partial charge in [-0.2, -0.15) is 0 Å². The normalized spacial score (nSPS) is 18.3. The zero-order chi connectivity index (χ0) is 44.5. The lowest BCUT2D eigenvalue weighted by Gasteiger charge is -2.22. The number of amides is 2. The molecule has 0 spiro atoms. The van der Waals surface area contributed by atoms with Crippen molar-refractivity contribution in [1.29, 1.82) is 0 Å². The summed E-state index contributed by atoms with van der Waals surface area (Å²) < 4.78 is 0. The largest absolute Gasteiger partial charge is 0.283 e. The lowest BCUT2D eigenvalue weighted by molar-refractivity contribution is -0.121. The maximum atomic E-state index is 14.4. The van der Waals surface area contributed by atoms with Crippen molar-refractivity contribution in [2.24, 2.45) is 0 Å². The number of fused-ring (bicyclic) bond motifs is 2. The van der Waals surface area contributed by atoms with Crippen LogP contribution >= 0.6 is 0 Å². The molecule has 8 rings (SSSR count). The Hall–Kier alpha value is -6.26. The minimum absolute atomic E-state index is 0.000421. The summed E-state index contributed by atoms with van der Waals surface area (Å²) in [7, 11) is 0. The first-order chi connectivity index (χ1) is 29.1. The van der Waals surface area contributed by atoms with E-state index in [1.54, 1.807) is 9.80 Å². The molecule has 4 aliphatic rings. The molecule has 4 aromatic rings. The predicted octanol–water partition coefficient (Wildman–Crippen LogP) is 13.8. The summed E-state index contributed by atoms with van der Waals surface area (Å²) in [5, 5.41) is 0. The van der Waals surface area contributed by atoms with E-state index < -0.39 is 0 Å². The van der Waals surface area contributed by atoms with E-state index in [0.717, 1.165) is 55.9 Å². The van der Waals surface area contributed by atoms with Crippen LogP contribution in [0.15, 0.2) is 168 Å². The van der Waals surface area contributed by atoms with E-state index in [0.29, 0.717) is 11.1 Å². The maximum absolute atomic E-state index is 14.4. The van der Waals surface area contributed by atoms with Gasteiger partial charge in [0.05, 0.1) is 22.5 Å². The lowest BCUT2D eigenvalue weighted by atomic mass is 9.84. The Labute approximate surface area is 369 Å². The van der Waals surface area contributed by atoms with Crippen molar-refractivity contribution in [3.8, 4) is 0 Å². The fourth-order valence-corrected chi connectivity index (χ4v) is 8.55. The molecule has 0 aromatic heterocycles. The highest BCUT2D eigenvalue weighted by Gasteiger charge is 2.38. The van der Waals surface area contributed by atoms with Gasteiger partial charge in [0, 0.05) is 23.5 Å². The molecule has 4 aromatic carbocycles. The number of benzene rings is 4. The molecule has 4 heterocycles. The van der Waals surface area contributed by atoms with Gasteiger partial charge in [0.2, 0.25) is 0 Å². The summed E-state index contributed by atoms with van der Waals surface area (Å²) in [5.74, 6) is -0.0686. The molecule has 0 saturated heterocycles. The zero-order valence-electron chi connectivity index (χ0n) is 38.6. The van der Waals surface area contributed by atoms with E-state index in [9.17, 15) is 9.59 Å². The third-order valence-corrected chi connectivity index (χ3v) is 12.5. The molecule has 4 aliphatic heterocycles. The van der Waals surface area contributed by atoms with Crippen LogP contribution in [0.3, 0.4) is 0 Å². The molecular weight excluding hydrogens is 757 g/mol. The Bertz CT molecular complexity index is 2540. The van der Waals surface area contributed by atoms with E-state index in [2.05, 4.69) is 204 Å². The standard InChI is InChI=1S/C58H60N2O2/c1-55(2,3)43-23-15-39(16-24-43)49-47-35-37(31-33-59(47)53(61)51(49)41-19-27-45(28-20-41)57(7,8)9)13-14-38-32-34-60-48(36-38)50(40-17-25-44(26-18-40)56(4,5)6)52(54(60)62)42-21-29-46(30-22-42)58(10,11)12/h13-36H,1-12H3/b37-13+,38-14?. The molecule has 0 unspecified atom stereocenters. The van der Waals surface area contributed by atoms with Gasteiger partial charge < -0.3 is 0 Å². The van der Waals surface area contributed by atoms with E-state index in [-0.39, 0.29) is 33.5 Å².